The number of hydrogen-bond donors (Lipinski definition) is 0. The molecule has 0 unspecified atom stereocenters. The van der Waals surface area contributed by atoms with E-state index in [1.807, 2.05) is 6.08 Å². The van der Waals surface area contributed by atoms with E-state index in [0.717, 1.165) is 4.89 Å². The minimum atomic E-state index is 0. The first-order valence-corrected chi connectivity index (χ1v) is 8.65. The van der Waals surface area contributed by atoms with Crippen molar-refractivity contribution in [3.05, 3.63) is 12.7 Å². The van der Waals surface area contributed by atoms with E-state index >= 15 is 0 Å². The van der Waals surface area contributed by atoms with E-state index in [-0.39, 0.29) is 20.3 Å². The van der Waals surface area contributed by atoms with Crippen molar-refractivity contribution >= 4 is 7.92 Å². The molecule has 0 aliphatic carbocycles. The van der Waals surface area contributed by atoms with Crippen molar-refractivity contribution in [2.75, 3.05) is 0 Å². The maximum absolute atomic E-state index is 3.44. The quantitative estimate of drug-likeness (QED) is 0.370. The molecular formula is C15H32ClPPd. The summed E-state index contributed by atoms with van der Waals surface area (Å²) in [6.45, 7) is 24.9. The van der Waals surface area contributed by atoms with Gasteiger partial charge in [0.1, 0.15) is 0 Å². The van der Waals surface area contributed by atoms with Crippen LogP contribution in [0, 0.1) is 0 Å². The molecule has 0 saturated heterocycles. The molecule has 0 aliphatic heterocycles. The zero-order valence-corrected chi connectivity index (χ0v) is 16.8. The van der Waals surface area contributed by atoms with Crippen LogP contribution in [0.2, 0.25) is 4.89 Å². The fourth-order valence-corrected chi connectivity index (χ4v) is 9.06. The summed E-state index contributed by atoms with van der Waals surface area (Å²) in [6.07, 6.45) is 1.81. The van der Waals surface area contributed by atoms with Crippen LogP contribution in [0.1, 0.15) is 62.3 Å². The van der Waals surface area contributed by atoms with Gasteiger partial charge in [0.2, 0.25) is 0 Å². The van der Waals surface area contributed by atoms with Gasteiger partial charge in [-0.25, -0.2) is 0 Å². The Bertz CT molecular complexity index is 185. The van der Waals surface area contributed by atoms with Crippen molar-refractivity contribution in [2.24, 2.45) is 0 Å². The van der Waals surface area contributed by atoms with E-state index < -0.39 is 0 Å². The Morgan fingerprint density at radius 2 is 1.00 bits per heavy atom. The summed E-state index contributed by atoms with van der Waals surface area (Å²) in [5, 5.41) is 1.35. The van der Waals surface area contributed by atoms with Crippen molar-refractivity contribution in [1.29, 1.82) is 0 Å². The molecule has 114 valence electrons. The van der Waals surface area contributed by atoms with Crippen LogP contribution in [0.4, 0.5) is 0 Å². The molecule has 0 heterocycles. The Morgan fingerprint density at radius 3 is 1.00 bits per heavy atom. The third-order valence-electron chi connectivity index (χ3n) is 2.10. The van der Waals surface area contributed by atoms with Gasteiger partial charge in [0, 0.05) is 0 Å². The standard InChI is InChI=1S/C12H27P.C3H5.ClH.Pd/c1-10(2,3)13(11(4,5)6)12(7,8)9;1-3-2;;/h1-9H3;3H,1-2H2;1H;/q;;;+1/p-1. The van der Waals surface area contributed by atoms with Gasteiger partial charge in [0.25, 0.3) is 0 Å². The van der Waals surface area contributed by atoms with Crippen LogP contribution < -0.4 is 12.4 Å². The largest absolute Gasteiger partial charge is 1.00 e. The topological polar surface area (TPSA) is 0 Å². The van der Waals surface area contributed by atoms with E-state index in [1.54, 1.807) is 0 Å². The van der Waals surface area contributed by atoms with E-state index in [4.69, 9.17) is 0 Å². The van der Waals surface area contributed by atoms with Crippen LogP contribution in [-0.2, 0) is 19.2 Å². The Hall–Kier alpha value is 1.12. The van der Waals surface area contributed by atoms with Gasteiger partial charge in [0.05, 0.1) is 0 Å². The van der Waals surface area contributed by atoms with Gasteiger partial charge in [-0.2, -0.15) is 0 Å². The number of halogens is 1. The van der Waals surface area contributed by atoms with E-state index in [2.05, 4.69) is 88.1 Å². The first-order valence-electron chi connectivity index (χ1n) is 6.21. The molecule has 0 fully saturated rings. The third kappa shape index (κ3) is 11.0. The number of rotatable bonds is 1. The van der Waals surface area contributed by atoms with Crippen molar-refractivity contribution in [3.8, 4) is 0 Å². The molecule has 0 bridgehead atoms. The molecule has 0 rings (SSSR count). The van der Waals surface area contributed by atoms with E-state index in [9.17, 15) is 0 Å². The summed E-state index contributed by atoms with van der Waals surface area (Å²) in [5.74, 6) is 0. The van der Waals surface area contributed by atoms with Crippen LogP contribution in [0.5, 0.6) is 0 Å². The molecule has 0 N–H and O–H groups in total. The molecule has 0 aromatic rings. The molecule has 0 amide bonds. The van der Waals surface area contributed by atoms with Crippen molar-refractivity contribution < 1.29 is 31.6 Å². The zero-order valence-electron chi connectivity index (χ0n) is 13.6. The average Bonchev–Trinajstić information content (AvgIpc) is 1.95. The van der Waals surface area contributed by atoms with Gasteiger partial charge in [-0.3, -0.25) is 0 Å². The fraction of sp³-hybridized carbons (Fsp3) is 0.867. The summed E-state index contributed by atoms with van der Waals surface area (Å²) in [6, 6.07) is 0. The molecule has 18 heavy (non-hydrogen) atoms. The smallest absolute Gasteiger partial charge is 0.0170 e. The second-order valence-electron chi connectivity index (χ2n) is 7.27. The molecule has 0 aromatic carbocycles. The van der Waals surface area contributed by atoms with Crippen LogP contribution >= 0.6 is 7.92 Å². The Morgan fingerprint density at radius 1 is 0.833 bits per heavy atom. The Labute approximate surface area is 134 Å². The van der Waals surface area contributed by atoms with Crippen molar-refractivity contribution in [3.63, 3.8) is 0 Å². The molecule has 0 aromatic heterocycles. The monoisotopic (exact) mass is 384 g/mol. The summed E-state index contributed by atoms with van der Waals surface area (Å²) in [4.78, 5) is 0.933. The van der Waals surface area contributed by atoms with Crippen LogP contribution in [0.15, 0.2) is 12.7 Å². The zero-order chi connectivity index (χ0) is 14.5. The summed E-state index contributed by atoms with van der Waals surface area (Å²) in [7, 11) is 0.0162. The molecule has 0 aliphatic rings. The van der Waals surface area contributed by atoms with E-state index in [1.165, 1.54) is 0 Å². The Balaban J connectivity index is -0.000000392. The summed E-state index contributed by atoms with van der Waals surface area (Å²) in [5.41, 5.74) is 0. The van der Waals surface area contributed by atoms with Gasteiger partial charge >= 0.3 is 36.8 Å². The van der Waals surface area contributed by atoms with E-state index in [0.29, 0.717) is 15.5 Å². The van der Waals surface area contributed by atoms with Crippen LogP contribution in [-0.4, -0.2) is 15.5 Å². The predicted molar refractivity (Wildman–Crippen MR) is 81.2 cm³/mol. The summed E-state index contributed by atoms with van der Waals surface area (Å²) >= 11 is 2.92. The predicted octanol–water partition coefficient (Wildman–Crippen LogP) is 3.01. The SMILES string of the molecule is C=C[CH2][Pd+].CC(C)(C)P(C(C)(C)C)C(C)(C)C.[Cl-]. The molecule has 3 heteroatoms. The minimum absolute atomic E-state index is 0. The van der Waals surface area contributed by atoms with Crippen molar-refractivity contribution in [1.82, 2.24) is 0 Å². The maximum Gasteiger partial charge on any atom is -0.0170 e. The molecule has 0 radical (unpaired) electrons. The van der Waals surface area contributed by atoms with Crippen molar-refractivity contribution in [2.45, 2.75) is 82.7 Å². The maximum atomic E-state index is 3.44. The van der Waals surface area contributed by atoms with Crippen LogP contribution in [0.3, 0.4) is 0 Å². The Kier molecular flexibility index (Phi) is 12.3. The second-order valence-corrected chi connectivity index (χ2v) is 12.6. The molecule has 0 saturated carbocycles. The minimum Gasteiger partial charge on any atom is -1.00 e. The average molecular weight is 385 g/mol. The van der Waals surface area contributed by atoms with Gasteiger partial charge in [-0.05, 0) is 15.5 Å². The van der Waals surface area contributed by atoms with Gasteiger partial charge in [-0.1, -0.05) is 70.2 Å². The van der Waals surface area contributed by atoms with Crippen LogP contribution in [0.25, 0.3) is 0 Å². The molecule has 0 nitrogen and oxygen atoms in total. The summed E-state index contributed by atoms with van der Waals surface area (Å²) < 4.78 is 0. The first-order chi connectivity index (χ1) is 7.28. The molecule has 0 atom stereocenters. The van der Waals surface area contributed by atoms with Gasteiger partial charge in [0.15, 0.2) is 0 Å². The third-order valence-corrected chi connectivity index (χ3v) is 6.58. The van der Waals surface area contributed by atoms with Gasteiger partial charge in [-0.15, -0.1) is 0 Å². The normalized spacial score (nSPS) is 12.4. The van der Waals surface area contributed by atoms with Gasteiger partial charge < -0.3 is 12.4 Å². The molecular weight excluding hydrogens is 353 g/mol. The fourth-order valence-electron chi connectivity index (χ4n) is 3.02. The number of hydrogen-bond acceptors (Lipinski definition) is 0. The molecule has 0 spiro atoms. The first kappa shape index (κ1) is 24.2. The number of allylic oxidation sites excluding steroid dienone is 1. The second kappa shape index (κ2) is 9.13.